The lowest BCUT2D eigenvalue weighted by Gasteiger charge is -2.09. The third kappa shape index (κ3) is 1.91. The van der Waals surface area contributed by atoms with Crippen LogP contribution in [0.2, 0.25) is 0 Å². The predicted octanol–water partition coefficient (Wildman–Crippen LogP) is 1.65. The first kappa shape index (κ1) is 12.2. The average Bonchev–Trinajstić information content (AvgIpc) is 2.14. The summed E-state index contributed by atoms with van der Waals surface area (Å²) in [4.78, 5) is 20.8. The number of carboxylic acid groups (broad SMARTS) is 1. The van der Waals surface area contributed by atoms with Gasteiger partial charge < -0.3 is 15.6 Å². The standard InChI is InChI=1S/C8H7BrN2O5/c1-16-4-2-3(9)7(11(14)15)6(10)5(4)8(12)13/h2H,10H2,1H3,(H,12,13). The largest absolute Gasteiger partial charge is 0.496 e. The maximum atomic E-state index is 10.9. The fraction of sp³-hybridized carbons (Fsp3) is 0.125. The van der Waals surface area contributed by atoms with Gasteiger partial charge in [-0.25, -0.2) is 4.79 Å². The minimum atomic E-state index is -1.38. The van der Waals surface area contributed by atoms with Crippen LogP contribution in [-0.4, -0.2) is 23.1 Å². The first-order valence-electron chi connectivity index (χ1n) is 3.93. The highest BCUT2D eigenvalue weighted by Gasteiger charge is 2.27. The number of carbonyl (C=O) groups is 1. The zero-order valence-electron chi connectivity index (χ0n) is 8.06. The molecule has 0 bridgehead atoms. The molecule has 0 fully saturated rings. The highest BCUT2D eigenvalue weighted by atomic mass is 79.9. The van der Waals surface area contributed by atoms with Crippen molar-refractivity contribution in [2.45, 2.75) is 0 Å². The molecule has 0 spiro atoms. The molecule has 0 aliphatic carbocycles. The Kier molecular flexibility index (Phi) is 3.33. The Bertz CT molecular complexity index is 474. The van der Waals surface area contributed by atoms with E-state index in [2.05, 4.69) is 15.9 Å². The normalized spacial score (nSPS) is 9.88. The lowest BCUT2D eigenvalue weighted by atomic mass is 10.1. The van der Waals surface area contributed by atoms with E-state index in [4.69, 9.17) is 15.6 Å². The molecule has 1 aromatic rings. The minimum Gasteiger partial charge on any atom is -0.496 e. The lowest BCUT2D eigenvalue weighted by molar-refractivity contribution is -0.384. The van der Waals surface area contributed by atoms with Gasteiger partial charge in [0.2, 0.25) is 0 Å². The number of hydrogen-bond donors (Lipinski definition) is 2. The Hall–Kier alpha value is -1.83. The Morgan fingerprint density at radius 3 is 2.62 bits per heavy atom. The molecule has 0 aromatic heterocycles. The number of ether oxygens (including phenoxy) is 1. The maximum absolute atomic E-state index is 10.9. The second-order valence-electron chi connectivity index (χ2n) is 2.76. The van der Waals surface area contributed by atoms with Gasteiger partial charge in [-0.15, -0.1) is 0 Å². The van der Waals surface area contributed by atoms with E-state index in [1.807, 2.05) is 0 Å². The van der Waals surface area contributed by atoms with Crippen molar-refractivity contribution in [1.82, 2.24) is 0 Å². The highest BCUT2D eigenvalue weighted by Crippen LogP contribution is 2.39. The molecule has 1 aromatic carbocycles. The van der Waals surface area contributed by atoms with E-state index in [0.29, 0.717) is 0 Å². The zero-order chi connectivity index (χ0) is 12.5. The molecule has 0 radical (unpaired) electrons. The predicted molar refractivity (Wildman–Crippen MR) is 58.7 cm³/mol. The summed E-state index contributed by atoms with van der Waals surface area (Å²) >= 11 is 2.93. The topological polar surface area (TPSA) is 116 Å². The van der Waals surface area contributed by atoms with Crippen molar-refractivity contribution in [3.05, 3.63) is 26.2 Å². The van der Waals surface area contributed by atoms with Crippen LogP contribution < -0.4 is 10.5 Å². The molecule has 1 rings (SSSR count). The number of nitro benzene ring substituents is 1. The molecule has 0 heterocycles. The summed E-state index contributed by atoms with van der Waals surface area (Å²) in [5.74, 6) is -1.42. The fourth-order valence-corrected chi connectivity index (χ4v) is 1.77. The van der Waals surface area contributed by atoms with Crippen molar-refractivity contribution in [1.29, 1.82) is 0 Å². The molecule has 3 N–H and O–H groups in total. The van der Waals surface area contributed by atoms with E-state index in [1.165, 1.54) is 13.2 Å². The van der Waals surface area contributed by atoms with Crippen LogP contribution in [0.15, 0.2) is 10.5 Å². The first-order chi connectivity index (χ1) is 7.40. The summed E-state index contributed by atoms with van der Waals surface area (Å²) < 4.78 is 4.86. The van der Waals surface area contributed by atoms with Gasteiger partial charge in [-0.1, -0.05) is 0 Å². The number of nitrogen functional groups attached to an aromatic ring is 1. The van der Waals surface area contributed by atoms with Crippen molar-refractivity contribution < 1.29 is 19.6 Å². The Labute approximate surface area is 98.1 Å². The lowest BCUT2D eigenvalue weighted by Crippen LogP contribution is -2.08. The van der Waals surface area contributed by atoms with Crippen molar-refractivity contribution in [2.75, 3.05) is 12.8 Å². The summed E-state index contributed by atoms with van der Waals surface area (Å²) in [5, 5.41) is 19.6. The van der Waals surface area contributed by atoms with Gasteiger partial charge in [-0.05, 0) is 15.9 Å². The van der Waals surface area contributed by atoms with Gasteiger partial charge in [-0.2, -0.15) is 0 Å². The number of nitrogens with zero attached hydrogens (tertiary/aromatic N) is 1. The number of aromatic carboxylic acids is 1. The number of nitrogens with two attached hydrogens (primary N) is 1. The molecule has 0 aliphatic heterocycles. The number of benzene rings is 1. The number of halogens is 1. The molecular formula is C8H7BrN2O5. The van der Waals surface area contributed by atoms with Crippen LogP contribution in [0.3, 0.4) is 0 Å². The second kappa shape index (κ2) is 4.35. The van der Waals surface area contributed by atoms with Gasteiger partial charge in [0.25, 0.3) is 0 Å². The molecule has 0 unspecified atom stereocenters. The summed E-state index contributed by atoms with van der Waals surface area (Å²) in [6.07, 6.45) is 0. The number of rotatable bonds is 3. The molecule has 0 amide bonds. The van der Waals surface area contributed by atoms with E-state index in [-0.39, 0.29) is 10.2 Å². The summed E-state index contributed by atoms with van der Waals surface area (Å²) in [6, 6.07) is 1.19. The van der Waals surface area contributed by atoms with Gasteiger partial charge in [-0.3, -0.25) is 10.1 Å². The Morgan fingerprint density at radius 1 is 1.69 bits per heavy atom. The number of anilines is 1. The molecule has 8 heteroatoms. The summed E-state index contributed by atoms with van der Waals surface area (Å²) in [7, 11) is 1.25. The number of nitro groups is 1. The third-order valence-electron chi connectivity index (χ3n) is 1.87. The van der Waals surface area contributed by atoms with Crippen molar-refractivity contribution >= 4 is 33.3 Å². The van der Waals surface area contributed by atoms with E-state index in [1.54, 1.807) is 0 Å². The van der Waals surface area contributed by atoms with Crippen LogP contribution in [0.4, 0.5) is 11.4 Å². The number of carboxylic acids is 1. The van der Waals surface area contributed by atoms with Gasteiger partial charge in [0.15, 0.2) is 0 Å². The van der Waals surface area contributed by atoms with Crippen LogP contribution in [0.1, 0.15) is 10.4 Å². The van der Waals surface area contributed by atoms with Gasteiger partial charge >= 0.3 is 11.7 Å². The van der Waals surface area contributed by atoms with Crippen LogP contribution in [0.25, 0.3) is 0 Å². The van der Waals surface area contributed by atoms with Crippen molar-refractivity contribution in [3.63, 3.8) is 0 Å². The highest BCUT2D eigenvalue weighted by molar-refractivity contribution is 9.10. The maximum Gasteiger partial charge on any atom is 0.341 e. The molecule has 0 atom stereocenters. The molecule has 16 heavy (non-hydrogen) atoms. The smallest absolute Gasteiger partial charge is 0.341 e. The first-order valence-corrected chi connectivity index (χ1v) is 4.73. The van der Waals surface area contributed by atoms with Gasteiger partial charge in [0, 0.05) is 6.07 Å². The van der Waals surface area contributed by atoms with E-state index < -0.39 is 27.8 Å². The fourth-order valence-electron chi connectivity index (χ4n) is 1.20. The average molecular weight is 291 g/mol. The monoisotopic (exact) mass is 290 g/mol. The SMILES string of the molecule is COc1cc(Br)c([N+](=O)[O-])c(N)c1C(=O)O. The van der Waals surface area contributed by atoms with Crippen molar-refractivity contribution in [3.8, 4) is 5.75 Å². The molecule has 0 saturated heterocycles. The molecule has 0 saturated carbocycles. The molecule has 86 valence electrons. The second-order valence-corrected chi connectivity index (χ2v) is 3.61. The molecular weight excluding hydrogens is 284 g/mol. The van der Waals surface area contributed by atoms with E-state index in [0.717, 1.165) is 0 Å². The van der Waals surface area contributed by atoms with Crippen molar-refractivity contribution in [2.24, 2.45) is 0 Å². The Morgan fingerprint density at radius 2 is 2.25 bits per heavy atom. The summed E-state index contributed by atoms with van der Waals surface area (Å²) in [6.45, 7) is 0. The van der Waals surface area contributed by atoms with Gasteiger partial charge in [0.05, 0.1) is 12.0 Å². The van der Waals surface area contributed by atoms with Gasteiger partial charge in [0.1, 0.15) is 21.5 Å². The Balaban J connectivity index is 3.65. The molecule has 0 aliphatic rings. The van der Waals surface area contributed by atoms with Crippen LogP contribution in [0, 0.1) is 10.1 Å². The van der Waals surface area contributed by atoms with Crippen LogP contribution >= 0.6 is 15.9 Å². The van der Waals surface area contributed by atoms with E-state index in [9.17, 15) is 14.9 Å². The quantitative estimate of drug-likeness (QED) is 0.497. The minimum absolute atomic E-state index is 0.0394. The number of hydrogen-bond acceptors (Lipinski definition) is 5. The molecule has 7 nitrogen and oxygen atoms in total. The van der Waals surface area contributed by atoms with Crippen LogP contribution in [0.5, 0.6) is 5.75 Å². The van der Waals surface area contributed by atoms with E-state index >= 15 is 0 Å². The van der Waals surface area contributed by atoms with Crippen LogP contribution in [-0.2, 0) is 0 Å². The zero-order valence-corrected chi connectivity index (χ0v) is 9.65. The summed E-state index contributed by atoms with van der Waals surface area (Å²) in [5.41, 5.74) is 4.08. The third-order valence-corrected chi connectivity index (χ3v) is 2.48. The number of methoxy groups -OCH3 is 1.